The summed E-state index contributed by atoms with van der Waals surface area (Å²) in [6.07, 6.45) is 2.05. The molecular weight excluding hydrogens is 262 g/mol. The lowest BCUT2D eigenvalue weighted by Gasteiger charge is -2.06. The topological polar surface area (TPSA) is 67.2 Å². The minimum atomic E-state index is -3.01. The second kappa shape index (κ2) is 8.54. The zero-order chi connectivity index (χ0) is 14.0. The van der Waals surface area contributed by atoms with Crippen LogP contribution in [0, 0.1) is 11.3 Å². The Morgan fingerprint density at radius 1 is 1.05 bits per heavy atom. The van der Waals surface area contributed by atoms with Crippen LogP contribution in [0.3, 0.4) is 0 Å². The van der Waals surface area contributed by atoms with Gasteiger partial charge >= 0.3 is 0 Å². The molecule has 0 aliphatic heterocycles. The smallest absolute Gasteiger partial charge is 0.150 e. The van der Waals surface area contributed by atoms with Gasteiger partial charge in [-0.1, -0.05) is 18.2 Å². The van der Waals surface area contributed by atoms with Crippen molar-refractivity contribution in [2.24, 2.45) is 0 Å². The van der Waals surface area contributed by atoms with Crippen LogP contribution in [0.1, 0.15) is 25.7 Å². The number of rotatable bonds is 9. The molecule has 0 unspecified atom stereocenters. The SMILES string of the molecule is N#CCCCS(=O)(=O)CCCCOc1ccccc1. The maximum absolute atomic E-state index is 11.6. The Labute approximate surface area is 114 Å². The standard InChI is InChI=1S/C14H19NO3S/c15-10-4-6-12-19(16,17)13-7-5-11-18-14-8-2-1-3-9-14/h1-3,8-9H,4-7,11-13H2. The van der Waals surface area contributed by atoms with Crippen LogP contribution in [-0.2, 0) is 9.84 Å². The lowest BCUT2D eigenvalue weighted by molar-refractivity contribution is 0.309. The number of para-hydroxylation sites is 1. The van der Waals surface area contributed by atoms with Crippen LogP contribution in [0.2, 0.25) is 0 Å². The van der Waals surface area contributed by atoms with Crippen LogP contribution in [-0.4, -0.2) is 26.5 Å². The van der Waals surface area contributed by atoms with E-state index in [4.69, 9.17) is 10.00 Å². The van der Waals surface area contributed by atoms with Crippen LogP contribution >= 0.6 is 0 Å². The van der Waals surface area contributed by atoms with Crippen molar-refractivity contribution in [3.05, 3.63) is 30.3 Å². The first-order chi connectivity index (χ1) is 9.14. The highest BCUT2D eigenvalue weighted by atomic mass is 32.2. The molecule has 0 fully saturated rings. The van der Waals surface area contributed by atoms with Gasteiger partial charge in [-0.2, -0.15) is 5.26 Å². The van der Waals surface area contributed by atoms with Crippen molar-refractivity contribution in [1.29, 1.82) is 5.26 Å². The monoisotopic (exact) mass is 281 g/mol. The average molecular weight is 281 g/mol. The van der Waals surface area contributed by atoms with Crippen molar-refractivity contribution in [3.8, 4) is 11.8 Å². The number of ether oxygens (including phenoxy) is 1. The van der Waals surface area contributed by atoms with E-state index < -0.39 is 9.84 Å². The summed E-state index contributed by atoms with van der Waals surface area (Å²) in [7, 11) is -3.01. The van der Waals surface area contributed by atoms with Crippen molar-refractivity contribution in [1.82, 2.24) is 0 Å². The van der Waals surface area contributed by atoms with E-state index in [0.717, 1.165) is 5.75 Å². The fourth-order valence-corrected chi connectivity index (χ4v) is 3.04. The first-order valence-corrected chi connectivity index (χ1v) is 8.21. The predicted octanol–water partition coefficient (Wildman–Crippen LogP) is 2.56. The normalized spacial score (nSPS) is 10.9. The molecule has 0 atom stereocenters. The second-order valence-electron chi connectivity index (χ2n) is 4.28. The van der Waals surface area contributed by atoms with E-state index in [2.05, 4.69) is 0 Å². The van der Waals surface area contributed by atoms with E-state index in [1.165, 1.54) is 0 Å². The number of hydrogen-bond acceptors (Lipinski definition) is 4. The van der Waals surface area contributed by atoms with Gasteiger partial charge in [-0.25, -0.2) is 8.42 Å². The summed E-state index contributed by atoms with van der Waals surface area (Å²) in [5.74, 6) is 1.09. The van der Waals surface area contributed by atoms with Gasteiger partial charge in [0.2, 0.25) is 0 Å². The molecule has 104 valence electrons. The third-order valence-electron chi connectivity index (χ3n) is 2.61. The Balaban J connectivity index is 2.12. The fourth-order valence-electron chi connectivity index (χ4n) is 1.60. The Kier molecular flexibility index (Phi) is 6.98. The number of hydrogen-bond donors (Lipinski definition) is 0. The molecule has 1 aromatic rings. The highest BCUT2D eigenvalue weighted by Gasteiger charge is 2.09. The van der Waals surface area contributed by atoms with Crippen molar-refractivity contribution < 1.29 is 13.2 Å². The van der Waals surface area contributed by atoms with Gasteiger partial charge in [0.1, 0.15) is 15.6 Å². The summed E-state index contributed by atoms with van der Waals surface area (Å²) in [6, 6.07) is 11.4. The van der Waals surface area contributed by atoms with Gasteiger partial charge in [0.25, 0.3) is 0 Å². The van der Waals surface area contributed by atoms with Gasteiger partial charge in [-0.15, -0.1) is 0 Å². The summed E-state index contributed by atoms with van der Waals surface area (Å²) < 4.78 is 28.7. The van der Waals surface area contributed by atoms with Crippen molar-refractivity contribution in [2.45, 2.75) is 25.7 Å². The van der Waals surface area contributed by atoms with Crippen LogP contribution in [0.15, 0.2) is 30.3 Å². The summed E-state index contributed by atoms with van der Waals surface area (Å²) >= 11 is 0. The summed E-state index contributed by atoms with van der Waals surface area (Å²) in [6.45, 7) is 0.526. The van der Waals surface area contributed by atoms with Crippen molar-refractivity contribution in [2.75, 3.05) is 18.1 Å². The average Bonchev–Trinajstić information content (AvgIpc) is 2.39. The van der Waals surface area contributed by atoms with Crippen LogP contribution in [0.25, 0.3) is 0 Å². The summed E-state index contributed by atoms with van der Waals surface area (Å²) in [5.41, 5.74) is 0. The zero-order valence-electron chi connectivity index (χ0n) is 10.9. The molecule has 0 saturated carbocycles. The molecule has 1 rings (SSSR count). The Hall–Kier alpha value is -1.54. The molecule has 0 amide bonds. The van der Waals surface area contributed by atoms with Gasteiger partial charge in [0, 0.05) is 6.42 Å². The third-order valence-corrected chi connectivity index (χ3v) is 4.43. The van der Waals surface area contributed by atoms with E-state index in [0.29, 0.717) is 32.3 Å². The Morgan fingerprint density at radius 3 is 2.42 bits per heavy atom. The quantitative estimate of drug-likeness (QED) is 0.652. The number of benzene rings is 1. The molecule has 1 aromatic carbocycles. The van der Waals surface area contributed by atoms with Gasteiger partial charge in [-0.3, -0.25) is 0 Å². The minimum Gasteiger partial charge on any atom is -0.494 e. The van der Waals surface area contributed by atoms with Crippen LogP contribution in [0.5, 0.6) is 5.75 Å². The highest BCUT2D eigenvalue weighted by Crippen LogP contribution is 2.09. The van der Waals surface area contributed by atoms with E-state index in [-0.39, 0.29) is 11.5 Å². The maximum Gasteiger partial charge on any atom is 0.150 e. The second-order valence-corrected chi connectivity index (χ2v) is 6.59. The van der Waals surface area contributed by atoms with E-state index >= 15 is 0 Å². The maximum atomic E-state index is 11.6. The lowest BCUT2D eigenvalue weighted by Crippen LogP contribution is -2.12. The van der Waals surface area contributed by atoms with Gasteiger partial charge in [-0.05, 0) is 31.4 Å². The van der Waals surface area contributed by atoms with Gasteiger partial charge in [0.05, 0.1) is 24.2 Å². The van der Waals surface area contributed by atoms with E-state index in [9.17, 15) is 8.42 Å². The molecule has 0 radical (unpaired) electrons. The van der Waals surface area contributed by atoms with Crippen LogP contribution in [0.4, 0.5) is 0 Å². The molecule has 0 spiro atoms. The number of sulfone groups is 1. The third kappa shape index (κ3) is 7.47. The minimum absolute atomic E-state index is 0.111. The largest absolute Gasteiger partial charge is 0.494 e. The molecule has 0 saturated heterocycles. The molecule has 5 heteroatoms. The van der Waals surface area contributed by atoms with Crippen LogP contribution < -0.4 is 4.74 Å². The molecule has 0 aliphatic rings. The van der Waals surface area contributed by atoms with Crippen molar-refractivity contribution >= 4 is 9.84 Å². The van der Waals surface area contributed by atoms with E-state index in [1.54, 1.807) is 0 Å². The van der Waals surface area contributed by atoms with Crippen molar-refractivity contribution in [3.63, 3.8) is 0 Å². The molecule has 0 N–H and O–H groups in total. The molecule has 0 aliphatic carbocycles. The highest BCUT2D eigenvalue weighted by molar-refractivity contribution is 7.91. The first-order valence-electron chi connectivity index (χ1n) is 6.39. The first kappa shape index (κ1) is 15.5. The predicted molar refractivity (Wildman–Crippen MR) is 74.7 cm³/mol. The number of nitrogens with zero attached hydrogens (tertiary/aromatic N) is 1. The molecule has 19 heavy (non-hydrogen) atoms. The lowest BCUT2D eigenvalue weighted by atomic mass is 10.3. The molecule has 4 nitrogen and oxygen atoms in total. The fraction of sp³-hybridized carbons (Fsp3) is 0.500. The van der Waals surface area contributed by atoms with E-state index in [1.807, 2.05) is 36.4 Å². The summed E-state index contributed by atoms with van der Waals surface area (Å²) in [4.78, 5) is 0. The molecule has 0 aromatic heterocycles. The zero-order valence-corrected chi connectivity index (χ0v) is 11.7. The molecule has 0 heterocycles. The number of nitriles is 1. The summed E-state index contributed by atoms with van der Waals surface area (Å²) in [5, 5.41) is 8.36. The Morgan fingerprint density at radius 2 is 1.74 bits per heavy atom. The Bertz CT molecular complexity index is 491. The molecule has 0 bridgehead atoms. The number of unbranched alkanes of at least 4 members (excludes halogenated alkanes) is 2. The molecular formula is C14H19NO3S. The van der Waals surface area contributed by atoms with Gasteiger partial charge < -0.3 is 4.74 Å². The van der Waals surface area contributed by atoms with Gasteiger partial charge in [0.15, 0.2) is 0 Å².